The number of aromatic nitrogens is 3. The highest BCUT2D eigenvalue weighted by atomic mass is 16.5. The van der Waals surface area contributed by atoms with E-state index < -0.39 is 0 Å². The van der Waals surface area contributed by atoms with E-state index in [1.54, 1.807) is 6.33 Å². The van der Waals surface area contributed by atoms with Crippen molar-refractivity contribution < 1.29 is 4.74 Å². The zero-order valence-corrected chi connectivity index (χ0v) is 11.2. The van der Waals surface area contributed by atoms with Gasteiger partial charge in [-0.2, -0.15) is 5.10 Å². The molecule has 5 heteroatoms. The molecule has 0 amide bonds. The second-order valence-electron chi connectivity index (χ2n) is 4.33. The Labute approximate surface area is 113 Å². The van der Waals surface area contributed by atoms with Crippen LogP contribution in [0.1, 0.15) is 24.7 Å². The third-order valence-corrected chi connectivity index (χ3v) is 2.87. The van der Waals surface area contributed by atoms with Crippen molar-refractivity contribution in [2.45, 2.75) is 32.9 Å². The molecular formula is C14H20N4O. The standard InChI is InChI=1S/C14H20N4O/c1-2-9-18-14(16-11-17-18)10-19-13-6-4-3-5-12(13)7-8-15/h3-6,11H,2,7-10,15H2,1H3. The maximum absolute atomic E-state index is 5.84. The minimum Gasteiger partial charge on any atom is -0.485 e. The number of ether oxygens (including phenoxy) is 1. The van der Waals surface area contributed by atoms with Gasteiger partial charge in [-0.3, -0.25) is 0 Å². The highest BCUT2D eigenvalue weighted by molar-refractivity contribution is 5.33. The van der Waals surface area contributed by atoms with Gasteiger partial charge in [-0.15, -0.1) is 0 Å². The van der Waals surface area contributed by atoms with E-state index in [0.717, 1.165) is 36.5 Å². The summed E-state index contributed by atoms with van der Waals surface area (Å²) in [5.74, 6) is 1.73. The largest absolute Gasteiger partial charge is 0.485 e. The van der Waals surface area contributed by atoms with Gasteiger partial charge in [0, 0.05) is 6.54 Å². The molecule has 0 aliphatic carbocycles. The van der Waals surface area contributed by atoms with Gasteiger partial charge in [0.05, 0.1) is 0 Å². The van der Waals surface area contributed by atoms with Crippen molar-refractivity contribution in [3.63, 3.8) is 0 Å². The van der Waals surface area contributed by atoms with Crippen LogP contribution in [0.25, 0.3) is 0 Å². The first-order valence-electron chi connectivity index (χ1n) is 6.62. The molecule has 1 aromatic carbocycles. The Morgan fingerprint density at radius 3 is 2.95 bits per heavy atom. The monoisotopic (exact) mass is 260 g/mol. The number of hydrogen-bond donors (Lipinski definition) is 1. The molecule has 0 fully saturated rings. The summed E-state index contributed by atoms with van der Waals surface area (Å²) in [6.07, 6.45) is 3.41. The van der Waals surface area contributed by atoms with Crippen LogP contribution in [-0.4, -0.2) is 21.3 Å². The molecule has 2 N–H and O–H groups in total. The van der Waals surface area contributed by atoms with Gasteiger partial charge in [0.2, 0.25) is 0 Å². The number of aryl methyl sites for hydroxylation is 1. The summed E-state index contributed by atoms with van der Waals surface area (Å²) in [5.41, 5.74) is 6.73. The zero-order valence-electron chi connectivity index (χ0n) is 11.2. The Balaban J connectivity index is 2.03. The number of nitrogens with zero attached hydrogens (tertiary/aromatic N) is 3. The Morgan fingerprint density at radius 2 is 2.16 bits per heavy atom. The molecule has 0 bridgehead atoms. The summed E-state index contributed by atoms with van der Waals surface area (Å²) >= 11 is 0. The van der Waals surface area contributed by atoms with E-state index in [2.05, 4.69) is 17.0 Å². The molecule has 5 nitrogen and oxygen atoms in total. The van der Waals surface area contributed by atoms with Gasteiger partial charge in [-0.05, 0) is 31.0 Å². The molecule has 0 saturated carbocycles. The topological polar surface area (TPSA) is 66.0 Å². The Hall–Kier alpha value is -1.88. The van der Waals surface area contributed by atoms with E-state index in [1.807, 2.05) is 28.9 Å². The lowest BCUT2D eigenvalue weighted by Gasteiger charge is -2.11. The van der Waals surface area contributed by atoms with Crippen LogP contribution in [0.4, 0.5) is 0 Å². The van der Waals surface area contributed by atoms with E-state index in [9.17, 15) is 0 Å². The average molecular weight is 260 g/mol. The summed E-state index contributed by atoms with van der Waals surface area (Å²) in [4.78, 5) is 4.23. The van der Waals surface area contributed by atoms with E-state index in [1.165, 1.54) is 0 Å². The highest BCUT2D eigenvalue weighted by Crippen LogP contribution is 2.19. The number of para-hydroxylation sites is 1. The third kappa shape index (κ3) is 3.54. The molecule has 0 radical (unpaired) electrons. The van der Waals surface area contributed by atoms with E-state index in [-0.39, 0.29) is 0 Å². The Kier molecular flexibility index (Phi) is 4.92. The second kappa shape index (κ2) is 6.89. The van der Waals surface area contributed by atoms with Crippen molar-refractivity contribution in [3.05, 3.63) is 42.0 Å². The van der Waals surface area contributed by atoms with Crippen LogP contribution < -0.4 is 10.5 Å². The molecule has 0 saturated heterocycles. The van der Waals surface area contributed by atoms with Crippen LogP contribution in [-0.2, 0) is 19.6 Å². The minimum atomic E-state index is 0.432. The first-order chi connectivity index (χ1) is 9.35. The molecule has 0 aliphatic heterocycles. The molecule has 1 aromatic heterocycles. The van der Waals surface area contributed by atoms with Crippen LogP contribution in [0.3, 0.4) is 0 Å². The normalized spacial score (nSPS) is 10.6. The molecule has 0 atom stereocenters. The zero-order chi connectivity index (χ0) is 13.5. The van der Waals surface area contributed by atoms with Crippen molar-refractivity contribution in [3.8, 4) is 5.75 Å². The quantitative estimate of drug-likeness (QED) is 0.824. The molecule has 2 aromatic rings. The molecular weight excluding hydrogens is 240 g/mol. The maximum Gasteiger partial charge on any atom is 0.164 e. The summed E-state index contributed by atoms with van der Waals surface area (Å²) in [5, 5.41) is 4.18. The summed E-state index contributed by atoms with van der Waals surface area (Å²) < 4.78 is 7.72. The first-order valence-corrected chi connectivity index (χ1v) is 6.62. The lowest BCUT2D eigenvalue weighted by Crippen LogP contribution is -2.10. The second-order valence-corrected chi connectivity index (χ2v) is 4.33. The first kappa shape index (κ1) is 13.5. The van der Waals surface area contributed by atoms with Crippen molar-refractivity contribution in [1.29, 1.82) is 0 Å². The van der Waals surface area contributed by atoms with Crippen LogP contribution in [0.15, 0.2) is 30.6 Å². The van der Waals surface area contributed by atoms with Crippen molar-refractivity contribution in [2.24, 2.45) is 5.73 Å². The molecule has 0 unspecified atom stereocenters. The van der Waals surface area contributed by atoms with Gasteiger partial charge in [0.1, 0.15) is 18.7 Å². The predicted molar refractivity (Wildman–Crippen MR) is 73.8 cm³/mol. The van der Waals surface area contributed by atoms with Gasteiger partial charge in [-0.25, -0.2) is 9.67 Å². The molecule has 19 heavy (non-hydrogen) atoms. The van der Waals surface area contributed by atoms with Crippen LogP contribution in [0, 0.1) is 0 Å². The number of rotatable bonds is 7. The fraction of sp³-hybridized carbons (Fsp3) is 0.429. The minimum absolute atomic E-state index is 0.432. The number of benzene rings is 1. The van der Waals surface area contributed by atoms with Gasteiger partial charge in [-0.1, -0.05) is 25.1 Å². The molecule has 1 heterocycles. The SMILES string of the molecule is CCCn1ncnc1COc1ccccc1CCN. The number of hydrogen-bond acceptors (Lipinski definition) is 4. The smallest absolute Gasteiger partial charge is 0.164 e. The van der Waals surface area contributed by atoms with Crippen molar-refractivity contribution in [2.75, 3.05) is 6.54 Å². The van der Waals surface area contributed by atoms with E-state index in [0.29, 0.717) is 13.2 Å². The average Bonchev–Trinajstić information content (AvgIpc) is 2.86. The Bertz CT molecular complexity index is 510. The lowest BCUT2D eigenvalue weighted by atomic mass is 10.1. The molecule has 0 spiro atoms. The van der Waals surface area contributed by atoms with E-state index in [4.69, 9.17) is 10.5 Å². The maximum atomic E-state index is 5.84. The lowest BCUT2D eigenvalue weighted by molar-refractivity contribution is 0.283. The van der Waals surface area contributed by atoms with Crippen LogP contribution in [0.2, 0.25) is 0 Å². The van der Waals surface area contributed by atoms with Gasteiger partial charge in [0.25, 0.3) is 0 Å². The van der Waals surface area contributed by atoms with Crippen molar-refractivity contribution >= 4 is 0 Å². The van der Waals surface area contributed by atoms with Gasteiger partial charge >= 0.3 is 0 Å². The van der Waals surface area contributed by atoms with Crippen LogP contribution >= 0.6 is 0 Å². The van der Waals surface area contributed by atoms with E-state index >= 15 is 0 Å². The summed E-state index contributed by atoms with van der Waals surface area (Å²) in [6.45, 7) is 4.03. The fourth-order valence-corrected chi connectivity index (χ4v) is 1.95. The molecule has 2 rings (SSSR count). The van der Waals surface area contributed by atoms with Crippen molar-refractivity contribution in [1.82, 2.24) is 14.8 Å². The summed E-state index contributed by atoms with van der Waals surface area (Å²) in [6, 6.07) is 7.97. The summed E-state index contributed by atoms with van der Waals surface area (Å²) in [7, 11) is 0. The van der Waals surface area contributed by atoms with Gasteiger partial charge in [0.15, 0.2) is 5.82 Å². The highest BCUT2D eigenvalue weighted by Gasteiger charge is 2.06. The van der Waals surface area contributed by atoms with Crippen LogP contribution in [0.5, 0.6) is 5.75 Å². The number of nitrogens with two attached hydrogens (primary N) is 1. The fourth-order valence-electron chi connectivity index (χ4n) is 1.95. The molecule has 102 valence electrons. The molecule has 0 aliphatic rings. The Morgan fingerprint density at radius 1 is 1.32 bits per heavy atom. The third-order valence-electron chi connectivity index (χ3n) is 2.87. The predicted octanol–water partition coefficient (Wildman–Crippen LogP) is 1.77. The van der Waals surface area contributed by atoms with Gasteiger partial charge < -0.3 is 10.5 Å².